The molecule has 1 saturated heterocycles. The molecular weight excluding hydrogens is 221 g/mol. The zero-order valence-electron chi connectivity index (χ0n) is 9.55. The smallest absolute Gasteiger partial charge is 0.239 e. The van der Waals surface area contributed by atoms with Crippen LogP contribution >= 0.6 is 0 Å². The molecule has 0 aliphatic carbocycles. The third kappa shape index (κ3) is 3.00. The molecule has 0 bridgehead atoms. The largest absolute Gasteiger partial charge is 0.338 e. The van der Waals surface area contributed by atoms with Crippen molar-refractivity contribution in [2.24, 2.45) is 5.73 Å². The van der Waals surface area contributed by atoms with Crippen molar-refractivity contribution in [3.8, 4) is 0 Å². The van der Waals surface area contributed by atoms with Crippen LogP contribution in [0.25, 0.3) is 0 Å². The highest BCUT2D eigenvalue weighted by atomic mass is 19.1. The summed E-state index contributed by atoms with van der Waals surface area (Å²) in [6, 6.07) is 3.06. The molecule has 0 radical (unpaired) electrons. The molecule has 0 aromatic carbocycles. The highest BCUT2D eigenvalue weighted by Crippen LogP contribution is 2.14. The van der Waals surface area contributed by atoms with E-state index in [2.05, 4.69) is 4.98 Å². The predicted molar refractivity (Wildman–Crippen MR) is 62.0 cm³/mol. The van der Waals surface area contributed by atoms with Gasteiger partial charge >= 0.3 is 0 Å². The standard InChI is InChI=1S/C12H16FN3O/c13-10-3-6-16(8-10)12(17)11(14)7-9-1-4-15-5-2-9/h1-2,4-5,10-11H,3,6-8,14H2/t10-,11+/m0/s1. The Labute approximate surface area is 99.6 Å². The molecule has 4 nitrogen and oxygen atoms in total. The van der Waals surface area contributed by atoms with E-state index in [1.807, 2.05) is 12.1 Å². The lowest BCUT2D eigenvalue weighted by Gasteiger charge is -2.20. The monoisotopic (exact) mass is 237 g/mol. The lowest BCUT2D eigenvalue weighted by atomic mass is 10.1. The Morgan fingerprint density at radius 3 is 2.88 bits per heavy atom. The quantitative estimate of drug-likeness (QED) is 0.834. The summed E-state index contributed by atoms with van der Waals surface area (Å²) in [4.78, 5) is 17.3. The van der Waals surface area contributed by atoms with Crippen LogP contribution in [0.2, 0.25) is 0 Å². The van der Waals surface area contributed by atoms with Gasteiger partial charge < -0.3 is 10.6 Å². The molecule has 5 heteroatoms. The van der Waals surface area contributed by atoms with Crippen molar-refractivity contribution >= 4 is 5.91 Å². The van der Waals surface area contributed by atoms with Crippen molar-refractivity contribution in [1.29, 1.82) is 0 Å². The molecule has 2 atom stereocenters. The van der Waals surface area contributed by atoms with E-state index in [1.165, 1.54) is 4.90 Å². The Bertz CT molecular complexity index is 385. The van der Waals surface area contributed by atoms with Crippen molar-refractivity contribution in [3.63, 3.8) is 0 Å². The second-order valence-electron chi connectivity index (χ2n) is 4.34. The van der Waals surface area contributed by atoms with E-state index >= 15 is 0 Å². The molecule has 1 aromatic heterocycles. The molecule has 1 fully saturated rings. The normalized spacial score (nSPS) is 21.5. The summed E-state index contributed by atoms with van der Waals surface area (Å²) >= 11 is 0. The molecule has 92 valence electrons. The molecule has 1 aromatic rings. The number of carbonyl (C=O) groups is 1. The molecule has 1 aliphatic heterocycles. The van der Waals surface area contributed by atoms with Crippen LogP contribution in [0.3, 0.4) is 0 Å². The summed E-state index contributed by atoms with van der Waals surface area (Å²) < 4.78 is 13.0. The number of pyridine rings is 1. The second-order valence-corrected chi connectivity index (χ2v) is 4.34. The van der Waals surface area contributed by atoms with Crippen LogP contribution in [-0.2, 0) is 11.2 Å². The van der Waals surface area contributed by atoms with Crippen LogP contribution in [0.1, 0.15) is 12.0 Å². The summed E-state index contributed by atoms with van der Waals surface area (Å²) in [5.41, 5.74) is 6.81. The van der Waals surface area contributed by atoms with Gasteiger partial charge in [0.15, 0.2) is 0 Å². The fraction of sp³-hybridized carbons (Fsp3) is 0.500. The van der Waals surface area contributed by atoms with E-state index < -0.39 is 12.2 Å². The summed E-state index contributed by atoms with van der Waals surface area (Å²) in [6.07, 6.45) is 3.33. The fourth-order valence-electron chi connectivity index (χ4n) is 2.01. The first-order valence-electron chi connectivity index (χ1n) is 5.74. The lowest BCUT2D eigenvalue weighted by Crippen LogP contribution is -2.44. The molecule has 0 unspecified atom stereocenters. The number of nitrogens with zero attached hydrogens (tertiary/aromatic N) is 2. The maximum absolute atomic E-state index is 13.0. The van der Waals surface area contributed by atoms with E-state index in [0.717, 1.165) is 5.56 Å². The van der Waals surface area contributed by atoms with Crippen LogP contribution < -0.4 is 5.73 Å². The van der Waals surface area contributed by atoms with Gasteiger partial charge in [0.05, 0.1) is 12.6 Å². The van der Waals surface area contributed by atoms with Gasteiger partial charge in [0, 0.05) is 18.9 Å². The SMILES string of the molecule is N[C@H](Cc1ccncc1)C(=O)N1CC[C@H](F)C1. The fourth-order valence-corrected chi connectivity index (χ4v) is 2.01. The number of likely N-dealkylation sites (tertiary alicyclic amines) is 1. The topological polar surface area (TPSA) is 59.2 Å². The number of alkyl halides is 1. The first kappa shape index (κ1) is 12.0. The minimum absolute atomic E-state index is 0.165. The van der Waals surface area contributed by atoms with E-state index in [-0.39, 0.29) is 12.5 Å². The zero-order chi connectivity index (χ0) is 12.3. The molecule has 17 heavy (non-hydrogen) atoms. The van der Waals surface area contributed by atoms with Crippen LogP contribution in [0.15, 0.2) is 24.5 Å². The average molecular weight is 237 g/mol. The number of aromatic nitrogens is 1. The highest BCUT2D eigenvalue weighted by molar-refractivity contribution is 5.82. The van der Waals surface area contributed by atoms with Crippen LogP contribution in [-0.4, -0.2) is 41.1 Å². The first-order chi connectivity index (χ1) is 8.16. The number of nitrogens with two attached hydrogens (primary N) is 1. The average Bonchev–Trinajstić information content (AvgIpc) is 2.76. The zero-order valence-corrected chi connectivity index (χ0v) is 9.55. The minimum Gasteiger partial charge on any atom is -0.338 e. The summed E-state index contributed by atoms with van der Waals surface area (Å²) in [5.74, 6) is -0.165. The van der Waals surface area contributed by atoms with Crippen molar-refractivity contribution in [2.75, 3.05) is 13.1 Å². The van der Waals surface area contributed by atoms with E-state index in [0.29, 0.717) is 19.4 Å². The Hall–Kier alpha value is -1.49. The summed E-state index contributed by atoms with van der Waals surface area (Å²) in [6.45, 7) is 0.660. The van der Waals surface area contributed by atoms with Crippen molar-refractivity contribution in [3.05, 3.63) is 30.1 Å². The number of amides is 1. The maximum Gasteiger partial charge on any atom is 0.239 e. The van der Waals surface area contributed by atoms with Gasteiger partial charge in [-0.05, 0) is 30.5 Å². The Kier molecular flexibility index (Phi) is 3.68. The van der Waals surface area contributed by atoms with Gasteiger partial charge in [0.2, 0.25) is 5.91 Å². The molecule has 2 heterocycles. The second kappa shape index (κ2) is 5.23. The van der Waals surface area contributed by atoms with Gasteiger partial charge in [-0.1, -0.05) is 0 Å². The van der Waals surface area contributed by atoms with Crippen LogP contribution in [0, 0.1) is 0 Å². The molecule has 1 aliphatic rings. The molecule has 0 spiro atoms. The molecule has 1 amide bonds. The first-order valence-corrected chi connectivity index (χ1v) is 5.74. The van der Waals surface area contributed by atoms with Gasteiger partial charge in [-0.15, -0.1) is 0 Å². The highest BCUT2D eigenvalue weighted by Gasteiger charge is 2.28. The number of hydrogen-bond donors (Lipinski definition) is 1. The van der Waals surface area contributed by atoms with E-state index in [9.17, 15) is 9.18 Å². The number of carbonyl (C=O) groups excluding carboxylic acids is 1. The Balaban J connectivity index is 1.92. The third-order valence-electron chi connectivity index (χ3n) is 2.96. The Morgan fingerprint density at radius 2 is 2.29 bits per heavy atom. The van der Waals surface area contributed by atoms with Crippen LogP contribution in [0.5, 0.6) is 0 Å². The summed E-state index contributed by atoms with van der Waals surface area (Å²) in [7, 11) is 0. The van der Waals surface area contributed by atoms with Gasteiger partial charge in [-0.25, -0.2) is 4.39 Å². The number of halogens is 1. The van der Waals surface area contributed by atoms with Crippen molar-refractivity contribution in [2.45, 2.75) is 25.1 Å². The Morgan fingerprint density at radius 1 is 1.59 bits per heavy atom. The molecule has 2 rings (SSSR count). The van der Waals surface area contributed by atoms with Crippen molar-refractivity contribution in [1.82, 2.24) is 9.88 Å². The molecule has 0 saturated carbocycles. The van der Waals surface area contributed by atoms with Gasteiger partial charge in [0.25, 0.3) is 0 Å². The number of rotatable bonds is 3. The molecule has 2 N–H and O–H groups in total. The van der Waals surface area contributed by atoms with Gasteiger partial charge in [-0.2, -0.15) is 0 Å². The van der Waals surface area contributed by atoms with Gasteiger partial charge in [-0.3, -0.25) is 9.78 Å². The molecular formula is C12H16FN3O. The third-order valence-corrected chi connectivity index (χ3v) is 2.96. The van der Waals surface area contributed by atoms with E-state index in [4.69, 9.17) is 5.73 Å². The van der Waals surface area contributed by atoms with Gasteiger partial charge in [0.1, 0.15) is 6.17 Å². The van der Waals surface area contributed by atoms with Crippen LogP contribution in [0.4, 0.5) is 4.39 Å². The van der Waals surface area contributed by atoms with E-state index in [1.54, 1.807) is 12.4 Å². The van der Waals surface area contributed by atoms with Crippen molar-refractivity contribution < 1.29 is 9.18 Å². The predicted octanol–water partition coefficient (Wildman–Crippen LogP) is 0.522. The maximum atomic E-state index is 13.0. The lowest BCUT2D eigenvalue weighted by molar-refractivity contribution is -0.131. The number of hydrogen-bond acceptors (Lipinski definition) is 3. The minimum atomic E-state index is -0.896. The summed E-state index contributed by atoms with van der Waals surface area (Å²) in [5, 5.41) is 0.